The number of nitrogen functional groups attached to an aromatic ring is 1. The summed E-state index contributed by atoms with van der Waals surface area (Å²) in [6, 6.07) is 1.66. The van der Waals surface area contributed by atoms with Crippen LogP contribution in [0.1, 0.15) is 12.5 Å². The van der Waals surface area contributed by atoms with Crippen LogP contribution in [0.3, 0.4) is 0 Å². The maximum Gasteiger partial charge on any atom is 0.310 e. The summed E-state index contributed by atoms with van der Waals surface area (Å²) in [6.45, 7) is 2.16. The molecule has 0 bridgehead atoms. The fourth-order valence-corrected chi connectivity index (χ4v) is 1.45. The van der Waals surface area contributed by atoms with Crippen molar-refractivity contribution in [2.24, 2.45) is 0 Å². The fourth-order valence-electron chi connectivity index (χ4n) is 0.972. The number of ether oxygens (including phenoxy) is 1. The van der Waals surface area contributed by atoms with Gasteiger partial charge in [-0.25, -0.2) is 4.98 Å². The summed E-state index contributed by atoms with van der Waals surface area (Å²) in [5.74, 6) is 0.157. The molecule has 0 saturated carbocycles. The van der Waals surface area contributed by atoms with Gasteiger partial charge in [0.1, 0.15) is 5.82 Å². The van der Waals surface area contributed by atoms with Crippen molar-refractivity contribution in [3.8, 4) is 0 Å². The number of carbonyl (C=O) groups is 1. The third-order valence-corrected chi connectivity index (χ3v) is 2.33. The van der Waals surface area contributed by atoms with Gasteiger partial charge in [0, 0.05) is 10.7 Å². The van der Waals surface area contributed by atoms with Crippen molar-refractivity contribution in [3.63, 3.8) is 0 Å². The highest BCUT2D eigenvalue weighted by Gasteiger charge is 2.07. The first kappa shape index (κ1) is 11.0. The third kappa shape index (κ3) is 2.99. The molecule has 1 aromatic heterocycles. The minimum atomic E-state index is -0.264. The van der Waals surface area contributed by atoms with E-state index in [-0.39, 0.29) is 12.4 Å². The summed E-state index contributed by atoms with van der Waals surface area (Å²) in [5, 5.41) is 0. The van der Waals surface area contributed by atoms with Crippen molar-refractivity contribution in [3.05, 3.63) is 22.3 Å². The number of esters is 1. The molecule has 1 aromatic rings. The molecule has 5 heteroatoms. The number of nitrogens with zero attached hydrogens (tertiary/aromatic N) is 1. The number of pyridine rings is 1. The molecule has 0 aliphatic heterocycles. The SMILES string of the molecule is CCOC(=O)Cc1cnc(N)cc1Br. The molecule has 0 saturated heterocycles. The number of aromatic nitrogens is 1. The van der Waals surface area contributed by atoms with Gasteiger partial charge in [-0.15, -0.1) is 0 Å². The Kier molecular flexibility index (Phi) is 3.88. The number of hydrogen-bond acceptors (Lipinski definition) is 4. The van der Waals surface area contributed by atoms with Gasteiger partial charge in [-0.1, -0.05) is 15.9 Å². The van der Waals surface area contributed by atoms with Crippen molar-refractivity contribution < 1.29 is 9.53 Å². The van der Waals surface area contributed by atoms with Gasteiger partial charge in [0.05, 0.1) is 13.0 Å². The third-order valence-electron chi connectivity index (χ3n) is 1.59. The second kappa shape index (κ2) is 4.95. The summed E-state index contributed by atoms with van der Waals surface area (Å²) in [4.78, 5) is 15.0. The zero-order valence-corrected chi connectivity index (χ0v) is 9.37. The second-order valence-electron chi connectivity index (χ2n) is 2.68. The second-order valence-corrected chi connectivity index (χ2v) is 3.54. The van der Waals surface area contributed by atoms with Crippen LogP contribution in [0.5, 0.6) is 0 Å². The number of anilines is 1. The lowest BCUT2D eigenvalue weighted by molar-refractivity contribution is -0.142. The molecule has 1 rings (SSSR count). The maximum atomic E-state index is 11.1. The molecule has 4 nitrogen and oxygen atoms in total. The highest BCUT2D eigenvalue weighted by molar-refractivity contribution is 9.10. The molecule has 0 atom stereocenters. The van der Waals surface area contributed by atoms with Gasteiger partial charge in [-0.2, -0.15) is 0 Å². The van der Waals surface area contributed by atoms with E-state index in [0.717, 1.165) is 10.0 Å². The molecule has 14 heavy (non-hydrogen) atoms. The van der Waals surface area contributed by atoms with E-state index in [0.29, 0.717) is 12.4 Å². The van der Waals surface area contributed by atoms with Crippen LogP contribution in [0, 0.1) is 0 Å². The first-order chi connectivity index (χ1) is 6.63. The number of nitrogens with two attached hydrogens (primary N) is 1. The lowest BCUT2D eigenvalue weighted by Gasteiger charge is -2.04. The van der Waals surface area contributed by atoms with E-state index < -0.39 is 0 Å². The average Bonchev–Trinajstić information content (AvgIpc) is 2.10. The summed E-state index contributed by atoms with van der Waals surface area (Å²) in [5.41, 5.74) is 6.24. The smallest absolute Gasteiger partial charge is 0.310 e. The number of rotatable bonds is 3. The van der Waals surface area contributed by atoms with E-state index >= 15 is 0 Å². The van der Waals surface area contributed by atoms with Crippen LogP contribution in [0.2, 0.25) is 0 Å². The van der Waals surface area contributed by atoms with E-state index in [1.807, 2.05) is 0 Å². The van der Waals surface area contributed by atoms with Crippen molar-refractivity contribution in [1.29, 1.82) is 0 Å². The topological polar surface area (TPSA) is 65.2 Å². The van der Waals surface area contributed by atoms with Gasteiger partial charge in [0.25, 0.3) is 0 Å². The van der Waals surface area contributed by atoms with Gasteiger partial charge in [-0.05, 0) is 18.6 Å². The summed E-state index contributed by atoms with van der Waals surface area (Å²) in [7, 11) is 0. The van der Waals surface area contributed by atoms with Gasteiger partial charge < -0.3 is 10.5 Å². The van der Waals surface area contributed by atoms with Gasteiger partial charge in [-0.3, -0.25) is 4.79 Å². The highest BCUT2D eigenvalue weighted by Crippen LogP contribution is 2.18. The monoisotopic (exact) mass is 258 g/mol. The van der Waals surface area contributed by atoms with Gasteiger partial charge >= 0.3 is 5.97 Å². The Hall–Kier alpha value is -1.10. The molecule has 76 valence electrons. The average molecular weight is 259 g/mol. The quantitative estimate of drug-likeness (QED) is 0.836. The van der Waals surface area contributed by atoms with E-state index in [9.17, 15) is 4.79 Å². The molecule has 0 aliphatic carbocycles. The molecule has 1 heterocycles. The molecular formula is C9H11BrN2O2. The first-order valence-electron chi connectivity index (χ1n) is 4.19. The largest absolute Gasteiger partial charge is 0.466 e. The molecule has 0 radical (unpaired) electrons. The Labute approximate surface area is 90.6 Å². The Morgan fingerprint density at radius 1 is 1.71 bits per heavy atom. The fraction of sp³-hybridized carbons (Fsp3) is 0.333. The Morgan fingerprint density at radius 3 is 3.00 bits per heavy atom. The molecule has 0 aromatic carbocycles. The van der Waals surface area contributed by atoms with Gasteiger partial charge in [0.2, 0.25) is 0 Å². The number of halogens is 1. The predicted molar refractivity (Wildman–Crippen MR) is 56.7 cm³/mol. The zero-order chi connectivity index (χ0) is 10.6. The van der Waals surface area contributed by atoms with E-state index in [2.05, 4.69) is 20.9 Å². The van der Waals surface area contributed by atoms with Crippen molar-refractivity contribution >= 4 is 27.7 Å². The molecule has 0 aliphatic rings. The molecule has 2 N–H and O–H groups in total. The standard InChI is InChI=1S/C9H11BrN2O2/c1-2-14-9(13)3-6-5-12-8(11)4-7(6)10/h4-5H,2-3H2,1H3,(H2,11,12). The normalized spacial score (nSPS) is 9.86. The van der Waals surface area contributed by atoms with E-state index in [1.165, 1.54) is 0 Å². The number of carbonyl (C=O) groups excluding carboxylic acids is 1. The highest BCUT2D eigenvalue weighted by atomic mass is 79.9. The molecule has 0 amide bonds. The van der Waals surface area contributed by atoms with Crippen LogP contribution in [0.4, 0.5) is 5.82 Å². The maximum absolute atomic E-state index is 11.1. The van der Waals surface area contributed by atoms with Crippen LogP contribution in [0.25, 0.3) is 0 Å². The zero-order valence-electron chi connectivity index (χ0n) is 7.79. The Bertz CT molecular complexity index is 342. The van der Waals surface area contributed by atoms with Crippen molar-refractivity contribution in [1.82, 2.24) is 4.98 Å². The first-order valence-corrected chi connectivity index (χ1v) is 4.98. The van der Waals surface area contributed by atoms with Crippen molar-refractivity contribution in [2.45, 2.75) is 13.3 Å². The summed E-state index contributed by atoms with van der Waals surface area (Å²) < 4.78 is 5.59. The van der Waals surface area contributed by atoms with Crippen LogP contribution in [-0.2, 0) is 16.0 Å². The molecular weight excluding hydrogens is 248 g/mol. The van der Waals surface area contributed by atoms with Crippen LogP contribution >= 0.6 is 15.9 Å². The van der Waals surface area contributed by atoms with Gasteiger partial charge in [0.15, 0.2) is 0 Å². The van der Waals surface area contributed by atoms with Crippen LogP contribution in [0.15, 0.2) is 16.7 Å². The Morgan fingerprint density at radius 2 is 2.43 bits per heavy atom. The van der Waals surface area contributed by atoms with E-state index in [1.54, 1.807) is 19.2 Å². The number of hydrogen-bond donors (Lipinski definition) is 1. The summed E-state index contributed by atoms with van der Waals surface area (Å²) in [6.07, 6.45) is 1.78. The predicted octanol–water partition coefficient (Wildman–Crippen LogP) is 1.53. The van der Waals surface area contributed by atoms with Crippen LogP contribution < -0.4 is 5.73 Å². The Balaban J connectivity index is 2.72. The molecule has 0 unspecified atom stereocenters. The molecule has 0 fully saturated rings. The minimum Gasteiger partial charge on any atom is -0.466 e. The lowest BCUT2D eigenvalue weighted by Crippen LogP contribution is -2.08. The van der Waals surface area contributed by atoms with Crippen LogP contribution in [-0.4, -0.2) is 17.6 Å². The molecule has 0 spiro atoms. The lowest BCUT2D eigenvalue weighted by atomic mass is 10.2. The summed E-state index contributed by atoms with van der Waals surface area (Å²) >= 11 is 3.30. The van der Waals surface area contributed by atoms with E-state index in [4.69, 9.17) is 10.5 Å². The minimum absolute atomic E-state index is 0.210. The van der Waals surface area contributed by atoms with Crippen molar-refractivity contribution in [2.75, 3.05) is 12.3 Å².